The molecule has 0 radical (unpaired) electrons. The molecule has 3 N–H and O–H groups in total. The summed E-state index contributed by atoms with van der Waals surface area (Å²) in [5, 5.41) is 3.11. The number of amides is 1. The summed E-state index contributed by atoms with van der Waals surface area (Å²) in [5.41, 5.74) is 0.160. The Morgan fingerprint density at radius 3 is 2.57 bits per heavy atom. The van der Waals surface area contributed by atoms with Crippen LogP contribution in [0.4, 0.5) is 5.69 Å². The summed E-state index contributed by atoms with van der Waals surface area (Å²) in [6.45, 7) is 1.69. The molecular formula is C14H11N3O3S. The van der Waals surface area contributed by atoms with Gasteiger partial charge in [0.1, 0.15) is 4.83 Å². The van der Waals surface area contributed by atoms with E-state index in [0.29, 0.717) is 26.3 Å². The predicted octanol–water partition coefficient (Wildman–Crippen LogP) is 1.84. The molecule has 0 fully saturated rings. The van der Waals surface area contributed by atoms with Crippen molar-refractivity contribution >= 4 is 33.1 Å². The molecule has 2 aromatic heterocycles. The molecule has 6 nitrogen and oxygen atoms in total. The highest BCUT2D eigenvalue weighted by atomic mass is 32.1. The largest absolute Gasteiger partial charge is 0.326 e. The van der Waals surface area contributed by atoms with Crippen LogP contribution in [-0.2, 0) is 0 Å². The molecule has 0 aliphatic carbocycles. The molecule has 0 unspecified atom stereocenters. The van der Waals surface area contributed by atoms with Crippen LogP contribution in [0.5, 0.6) is 0 Å². The number of aromatic amines is 2. The second-order valence-electron chi connectivity index (χ2n) is 4.49. The average Bonchev–Trinajstić information content (AvgIpc) is 2.77. The summed E-state index contributed by atoms with van der Waals surface area (Å²) in [7, 11) is 0. The maximum atomic E-state index is 12.3. The zero-order chi connectivity index (χ0) is 15.0. The van der Waals surface area contributed by atoms with Crippen molar-refractivity contribution < 1.29 is 4.79 Å². The topological polar surface area (TPSA) is 94.8 Å². The number of hydrogen-bond acceptors (Lipinski definition) is 4. The van der Waals surface area contributed by atoms with Crippen LogP contribution in [0, 0.1) is 6.92 Å². The first-order valence-electron chi connectivity index (χ1n) is 6.18. The van der Waals surface area contributed by atoms with Gasteiger partial charge in [0, 0.05) is 5.69 Å². The van der Waals surface area contributed by atoms with Crippen molar-refractivity contribution in [1.82, 2.24) is 9.97 Å². The molecule has 1 aromatic carbocycles. The van der Waals surface area contributed by atoms with Crippen molar-refractivity contribution in [2.45, 2.75) is 6.92 Å². The van der Waals surface area contributed by atoms with Gasteiger partial charge in [-0.2, -0.15) is 0 Å². The molecule has 1 amide bonds. The Morgan fingerprint density at radius 2 is 1.86 bits per heavy atom. The molecule has 2 heterocycles. The van der Waals surface area contributed by atoms with E-state index in [4.69, 9.17) is 0 Å². The number of para-hydroxylation sites is 1. The van der Waals surface area contributed by atoms with Gasteiger partial charge in [-0.15, -0.1) is 11.3 Å². The average molecular weight is 301 g/mol. The maximum Gasteiger partial charge on any atom is 0.326 e. The van der Waals surface area contributed by atoms with Gasteiger partial charge >= 0.3 is 5.69 Å². The fourth-order valence-electron chi connectivity index (χ4n) is 2.10. The molecule has 0 bridgehead atoms. The Labute approximate surface area is 122 Å². The summed E-state index contributed by atoms with van der Waals surface area (Å²) in [6, 6.07) is 9.03. The molecule has 0 saturated carbocycles. The van der Waals surface area contributed by atoms with Gasteiger partial charge in [0.05, 0.1) is 10.3 Å². The molecule has 21 heavy (non-hydrogen) atoms. The summed E-state index contributed by atoms with van der Waals surface area (Å²) >= 11 is 1.09. The second kappa shape index (κ2) is 5.02. The van der Waals surface area contributed by atoms with Crippen LogP contribution in [0.15, 0.2) is 39.9 Å². The number of anilines is 1. The van der Waals surface area contributed by atoms with Crippen LogP contribution < -0.4 is 16.6 Å². The highest BCUT2D eigenvalue weighted by Gasteiger charge is 2.18. The lowest BCUT2D eigenvalue weighted by atomic mass is 10.2. The third-order valence-corrected chi connectivity index (χ3v) is 4.27. The van der Waals surface area contributed by atoms with E-state index in [-0.39, 0.29) is 5.91 Å². The SMILES string of the molecule is Cc1c(C(=O)Nc2ccccc2)sc2[nH]c(=O)[nH]c(=O)c12. The van der Waals surface area contributed by atoms with Crippen molar-refractivity contribution in [3.05, 3.63) is 61.6 Å². The van der Waals surface area contributed by atoms with Crippen molar-refractivity contribution in [2.75, 3.05) is 5.32 Å². The molecule has 0 spiro atoms. The van der Waals surface area contributed by atoms with E-state index in [1.165, 1.54) is 0 Å². The number of H-pyrrole nitrogens is 2. The van der Waals surface area contributed by atoms with Gasteiger partial charge in [0.15, 0.2) is 0 Å². The van der Waals surface area contributed by atoms with Crippen molar-refractivity contribution in [2.24, 2.45) is 0 Å². The molecule has 7 heteroatoms. The number of fused-ring (bicyclic) bond motifs is 1. The van der Waals surface area contributed by atoms with Gasteiger partial charge < -0.3 is 5.32 Å². The standard InChI is InChI=1S/C14H11N3O3S/c1-7-9-11(18)16-14(20)17-13(9)21-10(7)12(19)15-8-5-3-2-4-6-8/h2-6H,1H3,(H,15,19)(H2,16,17,18,20). The van der Waals surface area contributed by atoms with Crippen LogP contribution in [0.3, 0.4) is 0 Å². The number of aryl methyl sites for hydroxylation is 1. The van der Waals surface area contributed by atoms with Gasteiger partial charge in [-0.3, -0.25) is 19.6 Å². The Bertz CT molecular complexity index is 937. The number of nitrogens with one attached hydrogen (secondary N) is 3. The Morgan fingerprint density at radius 1 is 1.14 bits per heavy atom. The van der Waals surface area contributed by atoms with Crippen molar-refractivity contribution in [1.29, 1.82) is 0 Å². The van der Waals surface area contributed by atoms with Crippen LogP contribution in [0.1, 0.15) is 15.2 Å². The summed E-state index contributed by atoms with van der Waals surface area (Å²) in [6.07, 6.45) is 0. The molecule has 0 atom stereocenters. The number of aromatic nitrogens is 2. The third-order valence-electron chi connectivity index (χ3n) is 3.07. The Balaban J connectivity index is 2.07. The number of carbonyl (C=O) groups is 1. The van der Waals surface area contributed by atoms with Crippen LogP contribution in [-0.4, -0.2) is 15.9 Å². The quantitative estimate of drug-likeness (QED) is 0.674. The van der Waals surface area contributed by atoms with E-state index in [9.17, 15) is 14.4 Å². The second-order valence-corrected chi connectivity index (χ2v) is 5.51. The van der Waals surface area contributed by atoms with Gasteiger partial charge in [0.2, 0.25) is 0 Å². The van der Waals surface area contributed by atoms with E-state index in [2.05, 4.69) is 15.3 Å². The fraction of sp³-hybridized carbons (Fsp3) is 0.0714. The fourth-order valence-corrected chi connectivity index (χ4v) is 3.20. The number of benzene rings is 1. The monoisotopic (exact) mass is 301 g/mol. The molecular weight excluding hydrogens is 290 g/mol. The predicted molar refractivity (Wildman–Crippen MR) is 82.2 cm³/mol. The van der Waals surface area contributed by atoms with Crippen molar-refractivity contribution in [3.8, 4) is 0 Å². The lowest BCUT2D eigenvalue weighted by Crippen LogP contribution is -2.21. The van der Waals surface area contributed by atoms with E-state index in [1.54, 1.807) is 19.1 Å². The van der Waals surface area contributed by atoms with E-state index in [0.717, 1.165) is 11.3 Å². The minimum atomic E-state index is -0.580. The maximum absolute atomic E-state index is 12.3. The van der Waals surface area contributed by atoms with Gasteiger partial charge in [-0.1, -0.05) is 18.2 Å². The lowest BCUT2D eigenvalue weighted by molar-refractivity contribution is 0.103. The van der Waals surface area contributed by atoms with Crippen LogP contribution in [0.2, 0.25) is 0 Å². The zero-order valence-electron chi connectivity index (χ0n) is 11.0. The van der Waals surface area contributed by atoms with Crippen LogP contribution in [0.25, 0.3) is 10.2 Å². The van der Waals surface area contributed by atoms with E-state index >= 15 is 0 Å². The number of thiophene rings is 1. The minimum absolute atomic E-state index is 0.305. The molecule has 0 aliphatic heterocycles. The normalized spacial score (nSPS) is 10.7. The molecule has 0 aliphatic rings. The third kappa shape index (κ3) is 2.38. The number of hydrogen-bond donors (Lipinski definition) is 3. The molecule has 3 aromatic rings. The summed E-state index contributed by atoms with van der Waals surface area (Å²) in [5.74, 6) is -0.305. The lowest BCUT2D eigenvalue weighted by Gasteiger charge is -2.03. The smallest absolute Gasteiger partial charge is 0.321 e. The van der Waals surface area contributed by atoms with E-state index in [1.807, 2.05) is 18.2 Å². The first kappa shape index (κ1) is 13.3. The van der Waals surface area contributed by atoms with Gasteiger partial charge in [-0.05, 0) is 24.6 Å². The number of carbonyl (C=O) groups excluding carboxylic acids is 1. The van der Waals surface area contributed by atoms with E-state index < -0.39 is 11.2 Å². The minimum Gasteiger partial charge on any atom is -0.321 e. The van der Waals surface area contributed by atoms with Crippen molar-refractivity contribution in [3.63, 3.8) is 0 Å². The first-order chi connectivity index (χ1) is 10.1. The molecule has 3 rings (SSSR count). The number of rotatable bonds is 2. The highest BCUT2D eigenvalue weighted by Crippen LogP contribution is 2.26. The Hall–Kier alpha value is -2.67. The summed E-state index contributed by atoms with van der Waals surface area (Å²) < 4.78 is 0. The van der Waals surface area contributed by atoms with Gasteiger partial charge in [-0.25, -0.2) is 4.79 Å². The summed E-state index contributed by atoms with van der Waals surface area (Å²) in [4.78, 5) is 40.9. The molecule has 0 saturated heterocycles. The van der Waals surface area contributed by atoms with Gasteiger partial charge in [0.25, 0.3) is 11.5 Å². The first-order valence-corrected chi connectivity index (χ1v) is 7.00. The zero-order valence-corrected chi connectivity index (χ0v) is 11.8. The van der Waals surface area contributed by atoms with Crippen LogP contribution >= 0.6 is 11.3 Å². The Kier molecular flexibility index (Phi) is 3.19. The highest BCUT2D eigenvalue weighted by molar-refractivity contribution is 7.20. The molecule has 106 valence electrons.